The predicted molar refractivity (Wildman–Crippen MR) is 62.4 cm³/mol. The molecule has 17 heavy (non-hydrogen) atoms. The number of benzene rings is 1. The average Bonchev–Trinajstić information content (AvgIpc) is 3.03. The number of nitrogens with zero attached hydrogens (tertiary/aromatic N) is 2. The zero-order chi connectivity index (χ0) is 12.0. The molecule has 0 unspecified atom stereocenters. The molecule has 0 amide bonds. The highest BCUT2D eigenvalue weighted by Gasteiger charge is 2.42. The Morgan fingerprint density at radius 1 is 1.53 bits per heavy atom. The van der Waals surface area contributed by atoms with Crippen molar-refractivity contribution in [1.82, 2.24) is 4.57 Å². The standard InChI is InChI=1S/C13H12N2O2/c1-15-10-3-2-9(6-11(10)17-12(15)16)7-13(8-14)4-5-13/h2-3,6H,4-5,7H2,1H3. The number of fused-ring (bicyclic) bond motifs is 1. The first kappa shape index (κ1) is 10.2. The lowest BCUT2D eigenvalue weighted by atomic mass is 9.98. The van der Waals surface area contributed by atoms with E-state index >= 15 is 0 Å². The second kappa shape index (κ2) is 3.24. The first-order valence-electron chi connectivity index (χ1n) is 5.63. The first-order chi connectivity index (χ1) is 8.13. The zero-order valence-electron chi connectivity index (χ0n) is 9.56. The van der Waals surface area contributed by atoms with Gasteiger partial charge in [-0.1, -0.05) is 6.07 Å². The third-order valence-corrected chi connectivity index (χ3v) is 3.49. The molecule has 4 nitrogen and oxygen atoms in total. The summed E-state index contributed by atoms with van der Waals surface area (Å²) in [5.41, 5.74) is 2.29. The van der Waals surface area contributed by atoms with Gasteiger partial charge in [0.25, 0.3) is 0 Å². The normalized spacial score (nSPS) is 16.9. The molecule has 1 aromatic heterocycles. The van der Waals surface area contributed by atoms with E-state index in [4.69, 9.17) is 9.68 Å². The van der Waals surface area contributed by atoms with Crippen molar-refractivity contribution >= 4 is 11.1 Å². The van der Waals surface area contributed by atoms with Crippen molar-refractivity contribution < 1.29 is 4.42 Å². The summed E-state index contributed by atoms with van der Waals surface area (Å²) in [5.74, 6) is -0.349. The van der Waals surface area contributed by atoms with Gasteiger partial charge >= 0.3 is 5.76 Å². The Morgan fingerprint density at radius 2 is 2.29 bits per heavy atom. The number of rotatable bonds is 2. The van der Waals surface area contributed by atoms with Crippen LogP contribution in [-0.2, 0) is 13.5 Å². The molecule has 1 aliphatic rings. The van der Waals surface area contributed by atoms with E-state index in [1.54, 1.807) is 7.05 Å². The first-order valence-corrected chi connectivity index (χ1v) is 5.63. The second-order valence-electron chi connectivity index (χ2n) is 4.80. The van der Waals surface area contributed by atoms with Crippen molar-refractivity contribution in [3.05, 3.63) is 34.3 Å². The highest BCUT2D eigenvalue weighted by Crippen LogP contribution is 2.47. The molecule has 1 aliphatic carbocycles. The predicted octanol–water partition coefficient (Wildman–Crippen LogP) is 1.98. The number of hydrogen-bond acceptors (Lipinski definition) is 3. The highest BCUT2D eigenvalue weighted by molar-refractivity contribution is 5.73. The van der Waals surface area contributed by atoms with Gasteiger partial charge in [0, 0.05) is 7.05 Å². The molecular formula is C13H12N2O2. The molecule has 86 valence electrons. The maximum atomic E-state index is 11.3. The summed E-state index contributed by atoms with van der Waals surface area (Å²) >= 11 is 0. The van der Waals surface area contributed by atoms with Gasteiger partial charge in [-0.05, 0) is 37.0 Å². The van der Waals surface area contributed by atoms with Gasteiger partial charge in [0.1, 0.15) is 0 Å². The number of oxazole rings is 1. The van der Waals surface area contributed by atoms with Crippen LogP contribution in [0, 0.1) is 16.7 Å². The summed E-state index contributed by atoms with van der Waals surface area (Å²) < 4.78 is 6.61. The Kier molecular flexibility index (Phi) is 1.93. The fraction of sp³-hybridized carbons (Fsp3) is 0.385. The van der Waals surface area contributed by atoms with E-state index < -0.39 is 0 Å². The number of hydrogen-bond donors (Lipinski definition) is 0. The van der Waals surface area contributed by atoms with Gasteiger partial charge in [-0.2, -0.15) is 5.26 Å². The molecule has 0 aliphatic heterocycles. The minimum atomic E-state index is -0.349. The highest BCUT2D eigenvalue weighted by atomic mass is 16.4. The van der Waals surface area contributed by atoms with Crippen LogP contribution in [0.4, 0.5) is 0 Å². The van der Waals surface area contributed by atoms with Crippen LogP contribution in [0.1, 0.15) is 18.4 Å². The molecule has 1 saturated carbocycles. The smallest absolute Gasteiger partial charge is 0.408 e. The number of nitriles is 1. The van der Waals surface area contributed by atoms with Gasteiger partial charge in [0.15, 0.2) is 5.58 Å². The summed E-state index contributed by atoms with van der Waals surface area (Å²) in [6.07, 6.45) is 2.69. The van der Waals surface area contributed by atoms with Crippen LogP contribution < -0.4 is 5.76 Å². The third-order valence-electron chi connectivity index (χ3n) is 3.49. The Morgan fingerprint density at radius 3 is 2.94 bits per heavy atom. The lowest BCUT2D eigenvalue weighted by Crippen LogP contribution is -2.08. The molecule has 1 fully saturated rings. The van der Waals surface area contributed by atoms with Crippen LogP contribution >= 0.6 is 0 Å². The molecule has 0 radical (unpaired) electrons. The minimum absolute atomic E-state index is 0.164. The van der Waals surface area contributed by atoms with Crippen LogP contribution in [-0.4, -0.2) is 4.57 Å². The minimum Gasteiger partial charge on any atom is -0.408 e. The molecule has 0 bridgehead atoms. The van der Waals surface area contributed by atoms with Crippen LogP contribution in [0.2, 0.25) is 0 Å². The molecule has 3 rings (SSSR count). The van der Waals surface area contributed by atoms with E-state index in [0.717, 1.165) is 30.3 Å². The van der Waals surface area contributed by atoms with Gasteiger partial charge in [-0.25, -0.2) is 4.79 Å². The van der Waals surface area contributed by atoms with Crippen molar-refractivity contribution in [2.24, 2.45) is 12.5 Å². The molecular weight excluding hydrogens is 216 g/mol. The fourth-order valence-electron chi connectivity index (χ4n) is 2.16. The summed E-state index contributed by atoms with van der Waals surface area (Å²) in [6.45, 7) is 0. The van der Waals surface area contributed by atoms with Crippen molar-refractivity contribution in [2.45, 2.75) is 19.3 Å². The summed E-state index contributed by atoms with van der Waals surface area (Å²) in [5, 5.41) is 9.05. The lowest BCUT2D eigenvalue weighted by molar-refractivity contribution is 0.527. The van der Waals surface area contributed by atoms with Gasteiger partial charge in [0.2, 0.25) is 0 Å². The van der Waals surface area contributed by atoms with Crippen LogP contribution in [0.5, 0.6) is 0 Å². The Balaban J connectivity index is 2.03. The Hall–Kier alpha value is -2.02. The molecule has 2 aromatic rings. The van der Waals surface area contributed by atoms with E-state index in [-0.39, 0.29) is 11.2 Å². The van der Waals surface area contributed by atoms with Gasteiger partial charge in [-0.15, -0.1) is 0 Å². The number of aromatic nitrogens is 1. The van der Waals surface area contributed by atoms with Crippen molar-refractivity contribution in [3.63, 3.8) is 0 Å². The van der Waals surface area contributed by atoms with Crippen LogP contribution in [0.15, 0.2) is 27.4 Å². The van der Waals surface area contributed by atoms with Gasteiger partial charge in [0.05, 0.1) is 17.0 Å². The van der Waals surface area contributed by atoms with Crippen molar-refractivity contribution in [1.29, 1.82) is 5.26 Å². The second-order valence-corrected chi connectivity index (χ2v) is 4.80. The Bertz CT molecular complexity index is 683. The maximum absolute atomic E-state index is 11.3. The van der Waals surface area contributed by atoms with Crippen molar-refractivity contribution in [2.75, 3.05) is 0 Å². The molecule has 1 heterocycles. The number of aryl methyl sites for hydroxylation is 1. The van der Waals surface area contributed by atoms with E-state index in [9.17, 15) is 4.79 Å². The van der Waals surface area contributed by atoms with E-state index in [2.05, 4.69) is 6.07 Å². The van der Waals surface area contributed by atoms with E-state index in [1.165, 1.54) is 4.57 Å². The van der Waals surface area contributed by atoms with Gasteiger partial charge < -0.3 is 4.42 Å². The summed E-state index contributed by atoms with van der Waals surface area (Å²) in [4.78, 5) is 11.3. The quantitative estimate of drug-likeness (QED) is 0.789. The topological polar surface area (TPSA) is 58.9 Å². The summed E-state index contributed by atoms with van der Waals surface area (Å²) in [7, 11) is 1.69. The van der Waals surface area contributed by atoms with Crippen LogP contribution in [0.25, 0.3) is 11.1 Å². The largest absolute Gasteiger partial charge is 0.419 e. The monoisotopic (exact) mass is 228 g/mol. The Labute approximate surface area is 98.1 Å². The average molecular weight is 228 g/mol. The maximum Gasteiger partial charge on any atom is 0.419 e. The lowest BCUT2D eigenvalue weighted by Gasteiger charge is -2.04. The molecule has 0 atom stereocenters. The molecule has 0 N–H and O–H groups in total. The third kappa shape index (κ3) is 1.55. The fourth-order valence-corrected chi connectivity index (χ4v) is 2.16. The molecule has 4 heteroatoms. The molecule has 0 saturated heterocycles. The molecule has 0 spiro atoms. The van der Waals surface area contributed by atoms with Crippen molar-refractivity contribution in [3.8, 4) is 6.07 Å². The van der Waals surface area contributed by atoms with E-state index in [0.29, 0.717) is 5.58 Å². The molecule has 1 aromatic carbocycles. The van der Waals surface area contributed by atoms with Gasteiger partial charge in [-0.3, -0.25) is 4.57 Å². The van der Waals surface area contributed by atoms with Crippen LogP contribution in [0.3, 0.4) is 0 Å². The summed E-state index contributed by atoms with van der Waals surface area (Å²) in [6, 6.07) is 8.08. The van der Waals surface area contributed by atoms with E-state index in [1.807, 2.05) is 18.2 Å². The zero-order valence-corrected chi connectivity index (χ0v) is 9.56. The SMILES string of the molecule is Cn1c(=O)oc2cc(CC3(C#N)CC3)ccc21.